The van der Waals surface area contributed by atoms with E-state index in [1.165, 1.54) is 46.8 Å². The molecule has 0 radical (unpaired) electrons. The fraction of sp³-hybridized carbons (Fsp3) is 0.447. The predicted octanol–water partition coefficient (Wildman–Crippen LogP) is 3.72. The number of hydrogen-bond acceptors (Lipinski definition) is 14. The molecule has 0 aromatic heterocycles. The van der Waals surface area contributed by atoms with Crippen molar-refractivity contribution in [3.05, 3.63) is 119 Å². The number of ether oxygens (including phenoxy) is 4. The van der Waals surface area contributed by atoms with E-state index in [1.807, 2.05) is 0 Å². The average Bonchev–Trinajstić information content (AvgIpc) is 3.23. The molecule has 6 rings (SSSR count). The van der Waals surface area contributed by atoms with Gasteiger partial charge in [-0.2, -0.15) is 0 Å². The summed E-state index contributed by atoms with van der Waals surface area (Å²) in [7, 11) is 0. The van der Waals surface area contributed by atoms with Gasteiger partial charge in [0.2, 0.25) is 0 Å². The van der Waals surface area contributed by atoms with Crippen LogP contribution in [0.2, 0.25) is 0 Å². The molecule has 0 saturated heterocycles. The molecule has 15 heteroatoms. The van der Waals surface area contributed by atoms with Crippen LogP contribution < -0.4 is 5.32 Å². The Kier molecular flexibility index (Phi) is 12.7. The van der Waals surface area contributed by atoms with Crippen molar-refractivity contribution in [2.75, 3.05) is 0 Å². The van der Waals surface area contributed by atoms with Crippen LogP contribution in [0.4, 0.5) is 0 Å². The highest BCUT2D eigenvalue weighted by atomic mass is 16.6. The van der Waals surface area contributed by atoms with Crippen LogP contribution in [-0.4, -0.2) is 104 Å². The third kappa shape index (κ3) is 7.94. The quantitative estimate of drug-likeness (QED) is 0.111. The molecule has 3 aromatic carbocycles. The van der Waals surface area contributed by atoms with E-state index in [-0.39, 0.29) is 22.3 Å². The Hall–Kier alpha value is -5.74. The van der Waals surface area contributed by atoms with Gasteiger partial charge < -0.3 is 44.7 Å². The highest BCUT2D eigenvalue weighted by Gasteiger charge is 2.75. The van der Waals surface area contributed by atoms with Crippen LogP contribution in [-0.2, 0) is 38.1 Å². The van der Waals surface area contributed by atoms with Crippen molar-refractivity contribution in [2.45, 2.75) is 115 Å². The number of hydrogen-bond donors (Lipinski definition) is 5. The standard InChI is InChI=1S/C47H53NO14/c1-25-31(60-43(57)36(53)35(28-17-11-8-12-18-28)48-41(55)29-19-13-9-14-20-29)24-47(58)40(61-42(56)30-21-15-10-16-22-30)38-45(6,32(51)23-33(52)46(38,7)62-27(3)50)39(54)37(59-26(2)49)34(25)44(47,4)5/h8-22,31-33,35-38,40,51-53,58H,23-24H2,1-7H3,(H,48,55)/t31-,32-,33+,35-,36+,37+,38-,40-,45+,46-,47+/m0/s1. The summed E-state index contributed by atoms with van der Waals surface area (Å²) in [6, 6.07) is 22.6. The fourth-order valence-corrected chi connectivity index (χ4v) is 9.86. The molecule has 15 nitrogen and oxygen atoms in total. The summed E-state index contributed by atoms with van der Waals surface area (Å²) in [6.07, 6.45) is -12.0. The van der Waals surface area contributed by atoms with Gasteiger partial charge in [0.25, 0.3) is 5.91 Å². The van der Waals surface area contributed by atoms with Crippen molar-refractivity contribution in [1.29, 1.82) is 0 Å². The molecule has 3 aliphatic carbocycles. The number of ketones is 1. The third-order valence-electron chi connectivity index (χ3n) is 13.2. The van der Waals surface area contributed by atoms with Crippen molar-refractivity contribution in [3.63, 3.8) is 0 Å². The smallest absolute Gasteiger partial charge is 0.338 e. The minimum absolute atomic E-state index is 0.0197. The van der Waals surface area contributed by atoms with Gasteiger partial charge in [-0.25, -0.2) is 9.59 Å². The average molecular weight is 856 g/mol. The Morgan fingerprint density at radius 2 is 1.31 bits per heavy atom. The molecule has 11 atom stereocenters. The van der Waals surface area contributed by atoms with E-state index in [0.29, 0.717) is 5.56 Å². The number of nitrogens with one attached hydrogen (secondary N) is 1. The van der Waals surface area contributed by atoms with Crippen LogP contribution in [0.3, 0.4) is 0 Å². The summed E-state index contributed by atoms with van der Waals surface area (Å²) in [6.45, 7) is 9.25. The molecule has 3 aliphatic rings. The number of Topliss-reactive ketones (excluding diaryl/α,β-unsaturated/α-hetero) is 1. The largest absolute Gasteiger partial charge is 0.456 e. The van der Waals surface area contributed by atoms with Gasteiger partial charge in [-0.15, -0.1) is 0 Å². The maximum atomic E-state index is 15.4. The molecule has 2 bridgehead atoms. The highest BCUT2D eigenvalue weighted by molar-refractivity contribution is 5.96. The first-order chi connectivity index (χ1) is 29.1. The normalized spacial score (nSPS) is 31.2. The number of fused-ring (bicyclic) bond motifs is 3. The van der Waals surface area contributed by atoms with E-state index in [1.54, 1.807) is 78.9 Å². The number of carbonyl (C=O) groups is 6. The Labute approximate surface area is 359 Å². The monoisotopic (exact) mass is 855 g/mol. The summed E-state index contributed by atoms with van der Waals surface area (Å²) in [5.41, 5.74) is -7.88. The Morgan fingerprint density at radius 1 is 0.758 bits per heavy atom. The maximum absolute atomic E-state index is 15.4. The van der Waals surface area contributed by atoms with E-state index in [2.05, 4.69) is 5.32 Å². The molecule has 1 amide bonds. The van der Waals surface area contributed by atoms with E-state index in [9.17, 15) is 44.4 Å². The molecule has 5 N–H and O–H groups in total. The van der Waals surface area contributed by atoms with Crippen molar-refractivity contribution < 1.29 is 68.1 Å². The van der Waals surface area contributed by atoms with Gasteiger partial charge in [-0.1, -0.05) is 80.6 Å². The lowest BCUT2D eigenvalue weighted by Crippen LogP contribution is -2.77. The van der Waals surface area contributed by atoms with E-state index in [4.69, 9.17) is 18.9 Å². The van der Waals surface area contributed by atoms with Crippen LogP contribution in [0.1, 0.15) is 93.6 Å². The van der Waals surface area contributed by atoms with E-state index in [0.717, 1.165) is 13.8 Å². The molecule has 0 heterocycles. The third-order valence-corrected chi connectivity index (χ3v) is 13.2. The summed E-state index contributed by atoms with van der Waals surface area (Å²) in [4.78, 5) is 83.2. The molecule has 62 heavy (non-hydrogen) atoms. The fourth-order valence-electron chi connectivity index (χ4n) is 9.86. The summed E-state index contributed by atoms with van der Waals surface area (Å²) < 4.78 is 24.0. The molecular weight excluding hydrogens is 803 g/mol. The topological polar surface area (TPSA) is 232 Å². The van der Waals surface area contributed by atoms with Crippen molar-refractivity contribution >= 4 is 35.6 Å². The van der Waals surface area contributed by atoms with Gasteiger partial charge in [0.05, 0.1) is 35.1 Å². The van der Waals surface area contributed by atoms with E-state index >= 15 is 4.79 Å². The second-order valence-corrected chi connectivity index (χ2v) is 17.3. The number of aliphatic hydroxyl groups excluding tert-OH is 3. The Bertz CT molecular complexity index is 2250. The van der Waals surface area contributed by atoms with Gasteiger partial charge >= 0.3 is 23.9 Å². The van der Waals surface area contributed by atoms with Gasteiger partial charge in [0.1, 0.15) is 23.4 Å². The molecule has 3 aromatic rings. The molecule has 0 aliphatic heterocycles. The SMILES string of the molecule is CC(=O)O[C@H]1C(=O)[C@@]2(C)[C@H]([C@H](OC(=O)c3ccccc3)[C@]3(O)C[C@H](OC(=O)[C@H](O)[C@@H](NC(=O)c4ccccc4)c4ccccc4)C(C)=C1C3(C)C)[C@@](C)(OC(C)=O)[C@H](O)C[C@@H]2O. The number of carbonyl (C=O) groups excluding carboxylic acids is 6. The number of aliphatic hydroxyl groups is 4. The van der Waals surface area contributed by atoms with E-state index < -0.39 is 119 Å². The zero-order valence-electron chi connectivity index (χ0n) is 35.6. The lowest BCUT2D eigenvalue weighted by molar-refractivity contribution is -0.279. The maximum Gasteiger partial charge on any atom is 0.338 e. The molecular formula is C47H53NO14. The number of rotatable bonds is 10. The Morgan fingerprint density at radius 3 is 1.85 bits per heavy atom. The molecule has 2 saturated carbocycles. The van der Waals surface area contributed by atoms with Gasteiger partial charge in [-0.05, 0) is 61.7 Å². The zero-order chi connectivity index (χ0) is 45.5. The van der Waals surface area contributed by atoms with Crippen LogP contribution in [0, 0.1) is 16.7 Å². The molecule has 330 valence electrons. The van der Waals surface area contributed by atoms with Crippen LogP contribution in [0.15, 0.2) is 102 Å². The van der Waals surface area contributed by atoms with Crippen LogP contribution in [0.25, 0.3) is 0 Å². The summed E-state index contributed by atoms with van der Waals surface area (Å²) >= 11 is 0. The van der Waals surface area contributed by atoms with Crippen molar-refractivity contribution in [2.24, 2.45) is 16.7 Å². The highest BCUT2D eigenvalue weighted by Crippen LogP contribution is 2.62. The molecule has 0 spiro atoms. The number of amides is 1. The first-order valence-corrected chi connectivity index (χ1v) is 20.4. The second-order valence-electron chi connectivity index (χ2n) is 17.3. The van der Waals surface area contributed by atoms with Gasteiger partial charge in [0, 0.05) is 37.7 Å². The molecule has 0 unspecified atom stereocenters. The second kappa shape index (κ2) is 17.2. The molecule has 2 fully saturated rings. The van der Waals surface area contributed by atoms with Gasteiger partial charge in [0.15, 0.2) is 18.0 Å². The van der Waals surface area contributed by atoms with Gasteiger partial charge in [-0.3, -0.25) is 19.2 Å². The summed E-state index contributed by atoms with van der Waals surface area (Å²) in [5.74, 6) is -7.42. The zero-order valence-corrected chi connectivity index (χ0v) is 35.6. The first kappa shape index (κ1) is 45.8. The minimum Gasteiger partial charge on any atom is -0.456 e. The van der Waals surface area contributed by atoms with Crippen molar-refractivity contribution in [3.8, 4) is 0 Å². The first-order valence-electron chi connectivity index (χ1n) is 20.4. The number of benzene rings is 3. The lowest BCUT2D eigenvalue weighted by atomic mass is 9.45. The number of esters is 4. The predicted molar refractivity (Wildman–Crippen MR) is 220 cm³/mol. The lowest BCUT2D eigenvalue weighted by Gasteiger charge is -2.64. The Balaban J connectivity index is 1.54. The summed E-state index contributed by atoms with van der Waals surface area (Å²) in [5, 5.41) is 51.7. The van der Waals surface area contributed by atoms with Crippen LogP contribution >= 0.6 is 0 Å². The minimum atomic E-state index is -2.48. The van der Waals surface area contributed by atoms with Crippen LogP contribution in [0.5, 0.6) is 0 Å². The van der Waals surface area contributed by atoms with Crippen molar-refractivity contribution in [1.82, 2.24) is 5.32 Å².